The van der Waals surface area contributed by atoms with Crippen LogP contribution in [0.4, 0.5) is 5.69 Å². The minimum atomic E-state index is -0.300. The van der Waals surface area contributed by atoms with E-state index in [9.17, 15) is 4.79 Å². The molecule has 0 spiro atoms. The Hall–Kier alpha value is -2.95. The van der Waals surface area contributed by atoms with Gasteiger partial charge in [-0.05, 0) is 31.2 Å². The van der Waals surface area contributed by atoms with Crippen molar-refractivity contribution in [2.75, 3.05) is 19.5 Å². The molecule has 23 heavy (non-hydrogen) atoms. The summed E-state index contributed by atoms with van der Waals surface area (Å²) >= 11 is 0. The molecule has 0 aliphatic rings. The molecule has 2 aromatic carbocycles. The van der Waals surface area contributed by atoms with Gasteiger partial charge in [0.2, 0.25) is 0 Å². The molecular formula is C18H17NO4. The number of hydrogen-bond acceptors (Lipinski definition) is 4. The smallest absolute Gasteiger partial charge is 0.291 e. The van der Waals surface area contributed by atoms with Crippen LogP contribution in [0.1, 0.15) is 16.1 Å². The Labute approximate surface area is 133 Å². The predicted molar refractivity (Wildman–Crippen MR) is 88.5 cm³/mol. The number of anilines is 1. The molecule has 0 radical (unpaired) electrons. The maximum atomic E-state index is 12.5. The Bertz CT molecular complexity index is 852. The van der Waals surface area contributed by atoms with Gasteiger partial charge in [0.15, 0.2) is 17.3 Å². The van der Waals surface area contributed by atoms with Crippen LogP contribution in [0.3, 0.4) is 0 Å². The summed E-state index contributed by atoms with van der Waals surface area (Å²) in [6.45, 7) is 1.83. The van der Waals surface area contributed by atoms with Crippen LogP contribution in [-0.4, -0.2) is 20.1 Å². The number of amides is 1. The van der Waals surface area contributed by atoms with Gasteiger partial charge in [0, 0.05) is 11.3 Å². The first-order valence-corrected chi connectivity index (χ1v) is 7.16. The summed E-state index contributed by atoms with van der Waals surface area (Å²) in [5, 5.41) is 3.56. The number of furan rings is 1. The fraction of sp³-hybridized carbons (Fsp3) is 0.167. The van der Waals surface area contributed by atoms with Crippen molar-refractivity contribution in [1.29, 1.82) is 0 Å². The van der Waals surface area contributed by atoms with Crippen LogP contribution < -0.4 is 14.8 Å². The Balaban J connectivity index is 2.05. The molecule has 0 bridgehead atoms. The second-order valence-corrected chi connectivity index (χ2v) is 5.05. The Morgan fingerprint density at radius 2 is 1.78 bits per heavy atom. The molecule has 0 atom stereocenters. The van der Waals surface area contributed by atoms with Crippen LogP contribution in [0.15, 0.2) is 46.9 Å². The first kappa shape index (κ1) is 15.0. The van der Waals surface area contributed by atoms with Gasteiger partial charge in [-0.15, -0.1) is 0 Å². The molecule has 118 valence electrons. The van der Waals surface area contributed by atoms with E-state index in [1.54, 1.807) is 26.4 Å². The van der Waals surface area contributed by atoms with Gasteiger partial charge in [0.25, 0.3) is 5.91 Å². The van der Waals surface area contributed by atoms with Gasteiger partial charge in [-0.1, -0.05) is 18.2 Å². The molecule has 0 aliphatic carbocycles. The molecule has 1 N–H and O–H groups in total. The molecule has 0 saturated carbocycles. The maximum Gasteiger partial charge on any atom is 0.291 e. The lowest BCUT2D eigenvalue weighted by Gasteiger charge is -2.08. The number of methoxy groups -OCH3 is 2. The van der Waals surface area contributed by atoms with E-state index in [0.717, 1.165) is 5.39 Å². The van der Waals surface area contributed by atoms with Gasteiger partial charge in [0.1, 0.15) is 5.58 Å². The number of carbonyl (C=O) groups is 1. The third kappa shape index (κ3) is 2.61. The highest BCUT2D eigenvalue weighted by Crippen LogP contribution is 2.39. The third-order valence-corrected chi connectivity index (χ3v) is 3.67. The molecule has 1 heterocycles. The number of fused-ring (bicyclic) bond motifs is 1. The monoisotopic (exact) mass is 311 g/mol. The van der Waals surface area contributed by atoms with Crippen molar-refractivity contribution < 1.29 is 18.7 Å². The molecule has 1 amide bonds. The van der Waals surface area contributed by atoms with Crippen molar-refractivity contribution in [3.63, 3.8) is 0 Å². The van der Waals surface area contributed by atoms with Crippen LogP contribution in [0.25, 0.3) is 11.0 Å². The predicted octanol–water partition coefficient (Wildman–Crippen LogP) is 4.01. The highest BCUT2D eigenvalue weighted by molar-refractivity contribution is 6.07. The van der Waals surface area contributed by atoms with E-state index in [2.05, 4.69) is 5.32 Å². The van der Waals surface area contributed by atoms with E-state index in [4.69, 9.17) is 13.9 Å². The molecule has 1 aromatic heterocycles. The van der Waals surface area contributed by atoms with E-state index in [1.807, 2.05) is 37.3 Å². The van der Waals surface area contributed by atoms with E-state index in [0.29, 0.717) is 28.3 Å². The number of ether oxygens (including phenoxy) is 2. The van der Waals surface area contributed by atoms with Crippen LogP contribution >= 0.6 is 0 Å². The number of benzene rings is 2. The molecule has 0 aliphatic heterocycles. The summed E-state index contributed by atoms with van der Waals surface area (Å²) in [4.78, 5) is 12.5. The van der Waals surface area contributed by atoms with Crippen molar-refractivity contribution >= 4 is 22.6 Å². The van der Waals surface area contributed by atoms with Gasteiger partial charge in [0.05, 0.1) is 19.6 Å². The topological polar surface area (TPSA) is 60.7 Å². The van der Waals surface area contributed by atoms with Gasteiger partial charge in [-0.25, -0.2) is 0 Å². The largest absolute Gasteiger partial charge is 0.493 e. The zero-order valence-corrected chi connectivity index (χ0v) is 13.2. The average Bonchev–Trinajstić information content (AvgIpc) is 2.92. The normalized spacial score (nSPS) is 10.6. The Morgan fingerprint density at radius 1 is 1.04 bits per heavy atom. The van der Waals surface area contributed by atoms with Gasteiger partial charge < -0.3 is 19.2 Å². The molecule has 3 rings (SSSR count). The van der Waals surface area contributed by atoms with Crippen molar-refractivity contribution in [3.05, 3.63) is 53.8 Å². The van der Waals surface area contributed by atoms with E-state index >= 15 is 0 Å². The van der Waals surface area contributed by atoms with Gasteiger partial charge in [-0.3, -0.25) is 4.79 Å². The lowest BCUT2D eigenvalue weighted by Crippen LogP contribution is -2.11. The van der Waals surface area contributed by atoms with Crippen molar-refractivity contribution in [2.24, 2.45) is 0 Å². The molecule has 0 fully saturated rings. The van der Waals surface area contributed by atoms with Crippen LogP contribution in [0.2, 0.25) is 0 Å². The molecular weight excluding hydrogens is 294 g/mol. The number of nitrogens with one attached hydrogen (secondary N) is 1. The minimum absolute atomic E-state index is 0.260. The van der Waals surface area contributed by atoms with E-state index in [1.165, 1.54) is 0 Å². The fourth-order valence-electron chi connectivity index (χ4n) is 2.58. The van der Waals surface area contributed by atoms with E-state index < -0.39 is 0 Å². The number of para-hydroxylation sites is 1. The first-order valence-electron chi connectivity index (χ1n) is 7.16. The summed E-state index contributed by atoms with van der Waals surface area (Å²) in [5.74, 6) is 1.12. The molecule has 5 heteroatoms. The standard InChI is InChI=1S/C18H17NO4/c1-11-15-13(9-10-14(21-2)17(15)22-3)23-16(11)18(20)19-12-7-5-4-6-8-12/h4-10H,1-3H3,(H,19,20). The summed E-state index contributed by atoms with van der Waals surface area (Å²) in [6, 6.07) is 12.8. The summed E-state index contributed by atoms with van der Waals surface area (Å²) in [6.07, 6.45) is 0. The lowest BCUT2D eigenvalue weighted by molar-refractivity contribution is 0.0998. The number of carbonyl (C=O) groups excluding carboxylic acids is 1. The molecule has 5 nitrogen and oxygen atoms in total. The average molecular weight is 311 g/mol. The number of rotatable bonds is 4. The minimum Gasteiger partial charge on any atom is -0.493 e. The fourth-order valence-corrected chi connectivity index (χ4v) is 2.58. The maximum absolute atomic E-state index is 12.5. The number of aryl methyl sites for hydroxylation is 1. The molecule has 3 aromatic rings. The Morgan fingerprint density at radius 3 is 2.43 bits per heavy atom. The van der Waals surface area contributed by atoms with Crippen molar-refractivity contribution in [2.45, 2.75) is 6.92 Å². The highest BCUT2D eigenvalue weighted by atomic mass is 16.5. The van der Waals surface area contributed by atoms with Crippen LogP contribution in [0.5, 0.6) is 11.5 Å². The highest BCUT2D eigenvalue weighted by Gasteiger charge is 2.22. The number of hydrogen-bond donors (Lipinski definition) is 1. The first-order chi connectivity index (χ1) is 11.2. The van der Waals surface area contributed by atoms with Gasteiger partial charge >= 0.3 is 0 Å². The van der Waals surface area contributed by atoms with Crippen molar-refractivity contribution in [1.82, 2.24) is 0 Å². The zero-order valence-electron chi connectivity index (χ0n) is 13.2. The van der Waals surface area contributed by atoms with Gasteiger partial charge in [-0.2, -0.15) is 0 Å². The van der Waals surface area contributed by atoms with E-state index in [-0.39, 0.29) is 11.7 Å². The molecule has 0 saturated heterocycles. The van der Waals surface area contributed by atoms with Crippen LogP contribution in [0, 0.1) is 6.92 Å². The summed E-state index contributed by atoms with van der Waals surface area (Å²) < 4.78 is 16.4. The van der Waals surface area contributed by atoms with Crippen molar-refractivity contribution in [3.8, 4) is 11.5 Å². The Kier molecular flexibility index (Phi) is 3.93. The lowest BCUT2D eigenvalue weighted by atomic mass is 10.1. The zero-order chi connectivity index (χ0) is 16.4. The van der Waals surface area contributed by atoms with Crippen LogP contribution in [-0.2, 0) is 0 Å². The summed E-state index contributed by atoms with van der Waals surface area (Å²) in [7, 11) is 3.13. The molecule has 0 unspecified atom stereocenters. The SMILES string of the molecule is COc1ccc2oc(C(=O)Nc3ccccc3)c(C)c2c1OC. The quantitative estimate of drug-likeness (QED) is 0.791. The second-order valence-electron chi connectivity index (χ2n) is 5.05. The third-order valence-electron chi connectivity index (χ3n) is 3.67. The second kappa shape index (κ2) is 6.04. The summed E-state index contributed by atoms with van der Waals surface area (Å²) in [5.41, 5.74) is 2.00.